The first-order valence-electron chi connectivity index (χ1n) is 6.54. The average molecular weight is 336 g/mol. The number of nitrogens with zero attached hydrogens (tertiary/aromatic N) is 1. The molecular formula is C15H10ClNO6. The van der Waals surface area contributed by atoms with E-state index in [1.807, 2.05) is 0 Å². The number of carbonyl (C=O) groups excluding carboxylic acids is 1. The minimum absolute atomic E-state index is 0.0481. The lowest BCUT2D eigenvalue weighted by atomic mass is 10.1. The van der Waals surface area contributed by atoms with E-state index in [0.717, 1.165) is 6.07 Å². The summed E-state index contributed by atoms with van der Waals surface area (Å²) in [6.45, 7) is -0.0987. The predicted molar refractivity (Wildman–Crippen MR) is 79.8 cm³/mol. The van der Waals surface area contributed by atoms with Crippen LogP contribution in [0.25, 0.3) is 0 Å². The fraction of sp³-hybridized carbons (Fsp3) is 0.133. The molecule has 0 saturated carbocycles. The van der Waals surface area contributed by atoms with Gasteiger partial charge in [0.05, 0.1) is 11.0 Å². The van der Waals surface area contributed by atoms with Gasteiger partial charge in [-0.3, -0.25) is 10.1 Å². The van der Waals surface area contributed by atoms with Gasteiger partial charge in [-0.1, -0.05) is 23.7 Å². The Balaban J connectivity index is 1.83. The van der Waals surface area contributed by atoms with Gasteiger partial charge in [-0.25, -0.2) is 4.79 Å². The third-order valence-corrected chi connectivity index (χ3v) is 3.40. The molecule has 0 saturated heterocycles. The van der Waals surface area contributed by atoms with Crippen LogP contribution in [0.4, 0.5) is 5.69 Å². The Kier molecular flexibility index (Phi) is 4.03. The Morgan fingerprint density at radius 2 is 2.00 bits per heavy atom. The van der Waals surface area contributed by atoms with Crippen molar-refractivity contribution < 1.29 is 23.9 Å². The zero-order valence-corrected chi connectivity index (χ0v) is 12.4. The van der Waals surface area contributed by atoms with Gasteiger partial charge in [0.15, 0.2) is 11.5 Å². The van der Waals surface area contributed by atoms with Crippen molar-refractivity contribution in [2.75, 3.05) is 6.79 Å². The van der Waals surface area contributed by atoms with Gasteiger partial charge in [0.2, 0.25) is 6.79 Å². The molecule has 0 unspecified atom stereocenters. The number of ether oxygens (including phenoxy) is 3. The fourth-order valence-corrected chi connectivity index (χ4v) is 2.31. The summed E-state index contributed by atoms with van der Waals surface area (Å²) < 4.78 is 15.3. The highest BCUT2D eigenvalue weighted by Crippen LogP contribution is 2.38. The Morgan fingerprint density at radius 3 is 2.70 bits per heavy atom. The van der Waals surface area contributed by atoms with Gasteiger partial charge in [-0.15, -0.1) is 0 Å². The molecule has 0 amide bonds. The molecule has 0 radical (unpaired) electrons. The third kappa shape index (κ3) is 3.19. The van der Waals surface area contributed by atoms with E-state index in [1.54, 1.807) is 24.3 Å². The van der Waals surface area contributed by atoms with E-state index in [0.29, 0.717) is 10.6 Å². The molecule has 1 aliphatic rings. The normalized spacial score (nSPS) is 12.0. The molecule has 0 aromatic heterocycles. The predicted octanol–water partition coefficient (Wildman–Crippen LogP) is 3.33. The van der Waals surface area contributed by atoms with Gasteiger partial charge in [0.25, 0.3) is 5.69 Å². The fourth-order valence-electron chi connectivity index (χ4n) is 2.10. The van der Waals surface area contributed by atoms with Crippen LogP contribution in [0.3, 0.4) is 0 Å². The van der Waals surface area contributed by atoms with Crippen LogP contribution in [0, 0.1) is 10.1 Å². The summed E-state index contributed by atoms with van der Waals surface area (Å²) in [4.78, 5) is 22.6. The van der Waals surface area contributed by atoms with E-state index in [2.05, 4.69) is 0 Å². The van der Waals surface area contributed by atoms with E-state index < -0.39 is 16.6 Å². The number of esters is 1. The number of benzene rings is 2. The lowest BCUT2D eigenvalue weighted by Crippen LogP contribution is -2.08. The van der Waals surface area contributed by atoms with Crippen LogP contribution in [0.1, 0.15) is 15.9 Å². The Labute approximate surface area is 135 Å². The number of hydrogen-bond acceptors (Lipinski definition) is 6. The first-order chi connectivity index (χ1) is 11.0. The van der Waals surface area contributed by atoms with E-state index in [-0.39, 0.29) is 30.5 Å². The second-order valence-electron chi connectivity index (χ2n) is 4.69. The maximum Gasteiger partial charge on any atom is 0.345 e. The highest BCUT2D eigenvalue weighted by molar-refractivity contribution is 6.30. The Hall–Kier alpha value is -2.80. The van der Waals surface area contributed by atoms with Crippen LogP contribution >= 0.6 is 11.6 Å². The molecule has 0 bridgehead atoms. The molecule has 8 heteroatoms. The maximum atomic E-state index is 12.2. The molecule has 2 aromatic rings. The Morgan fingerprint density at radius 1 is 1.26 bits per heavy atom. The molecule has 0 aliphatic carbocycles. The smallest absolute Gasteiger partial charge is 0.345 e. The molecule has 118 valence electrons. The van der Waals surface area contributed by atoms with Crippen molar-refractivity contribution in [3.63, 3.8) is 0 Å². The lowest BCUT2D eigenvalue weighted by Gasteiger charge is -2.07. The van der Waals surface area contributed by atoms with E-state index >= 15 is 0 Å². The van der Waals surface area contributed by atoms with Crippen molar-refractivity contribution in [2.24, 2.45) is 0 Å². The van der Waals surface area contributed by atoms with Gasteiger partial charge in [0, 0.05) is 11.1 Å². The second-order valence-corrected chi connectivity index (χ2v) is 5.12. The molecule has 23 heavy (non-hydrogen) atoms. The van der Waals surface area contributed by atoms with Crippen LogP contribution in [-0.4, -0.2) is 17.7 Å². The highest BCUT2D eigenvalue weighted by Gasteiger charge is 2.28. The molecule has 7 nitrogen and oxygen atoms in total. The quantitative estimate of drug-likeness (QED) is 0.484. The number of nitro groups is 1. The maximum absolute atomic E-state index is 12.2. The molecule has 1 aliphatic heterocycles. The highest BCUT2D eigenvalue weighted by atomic mass is 35.5. The SMILES string of the molecule is O=C(OCc1cccc(Cl)c1)c1cc2c(cc1[N+](=O)[O-])OCO2. The topological polar surface area (TPSA) is 87.9 Å². The van der Waals surface area contributed by atoms with Crippen LogP contribution in [0.2, 0.25) is 5.02 Å². The van der Waals surface area contributed by atoms with Crippen molar-refractivity contribution >= 4 is 23.3 Å². The zero-order valence-electron chi connectivity index (χ0n) is 11.7. The molecule has 2 aromatic carbocycles. The number of fused-ring (bicyclic) bond motifs is 1. The number of hydrogen-bond donors (Lipinski definition) is 0. The van der Waals surface area contributed by atoms with Crippen LogP contribution < -0.4 is 9.47 Å². The minimum atomic E-state index is -0.824. The second kappa shape index (κ2) is 6.13. The van der Waals surface area contributed by atoms with Gasteiger partial charge in [0.1, 0.15) is 12.2 Å². The first-order valence-corrected chi connectivity index (χ1v) is 6.92. The average Bonchev–Trinajstić information content (AvgIpc) is 2.98. The van der Waals surface area contributed by atoms with E-state index in [4.69, 9.17) is 25.8 Å². The largest absolute Gasteiger partial charge is 0.457 e. The van der Waals surface area contributed by atoms with Gasteiger partial charge in [-0.05, 0) is 17.7 Å². The van der Waals surface area contributed by atoms with Crippen molar-refractivity contribution in [1.29, 1.82) is 0 Å². The molecule has 3 rings (SSSR count). The van der Waals surface area contributed by atoms with Crippen LogP contribution in [0.5, 0.6) is 11.5 Å². The van der Waals surface area contributed by atoms with Crippen molar-refractivity contribution in [3.8, 4) is 11.5 Å². The summed E-state index contributed by atoms with van der Waals surface area (Å²) in [6.07, 6.45) is 0. The molecule has 0 N–H and O–H groups in total. The Bertz CT molecular complexity index is 792. The van der Waals surface area contributed by atoms with Gasteiger partial charge < -0.3 is 14.2 Å². The third-order valence-electron chi connectivity index (χ3n) is 3.17. The molecular weight excluding hydrogens is 326 g/mol. The van der Waals surface area contributed by atoms with Crippen molar-refractivity contribution in [1.82, 2.24) is 0 Å². The summed E-state index contributed by atoms with van der Waals surface area (Å²) >= 11 is 5.85. The summed E-state index contributed by atoms with van der Waals surface area (Å²) in [6, 6.07) is 9.18. The molecule has 0 spiro atoms. The molecule has 0 fully saturated rings. The van der Waals surface area contributed by atoms with Gasteiger partial charge in [-0.2, -0.15) is 0 Å². The van der Waals surface area contributed by atoms with Crippen molar-refractivity contribution in [3.05, 3.63) is 62.7 Å². The molecule has 1 heterocycles. The monoisotopic (exact) mass is 335 g/mol. The number of halogens is 1. The standard InChI is InChI=1S/C15H10ClNO6/c16-10-3-1-2-9(4-10)7-21-15(18)11-5-13-14(23-8-22-13)6-12(11)17(19)20/h1-6H,7-8H2. The van der Waals surface area contributed by atoms with E-state index in [1.165, 1.54) is 6.07 Å². The molecule has 0 atom stereocenters. The number of carbonyl (C=O) groups is 1. The summed E-state index contributed by atoms with van der Waals surface area (Å²) in [5, 5.41) is 11.6. The number of rotatable bonds is 4. The first kappa shape index (κ1) is 15.1. The van der Waals surface area contributed by atoms with Crippen molar-refractivity contribution in [2.45, 2.75) is 6.61 Å². The van der Waals surface area contributed by atoms with Crippen LogP contribution in [-0.2, 0) is 11.3 Å². The van der Waals surface area contributed by atoms with Crippen LogP contribution in [0.15, 0.2) is 36.4 Å². The minimum Gasteiger partial charge on any atom is -0.457 e. The zero-order chi connectivity index (χ0) is 16.4. The summed E-state index contributed by atoms with van der Waals surface area (Å²) in [5.74, 6) is -0.330. The number of nitro benzene ring substituents is 1. The summed E-state index contributed by atoms with van der Waals surface area (Å²) in [5.41, 5.74) is 0.0841. The summed E-state index contributed by atoms with van der Waals surface area (Å²) in [7, 11) is 0. The van der Waals surface area contributed by atoms with Gasteiger partial charge >= 0.3 is 5.97 Å². The van der Waals surface area contributed by atoms with E-state index in [9.17, 15) is 14.9 Å². The lowest BCUT2D eigenvalue weighted by molar-refractivity contribution is -0.385.